The van der Waals surface area contributed by atoms with E-state index in [4.69, 9.17) is 13.7 Å². The summed E-state index contributed by atoms with van der Waals surface area (Å²) in [6, 6.07) is 13.7. The van der Waals surface area contributed by atoms with E-state index in [-0.39, 0.29) is 11.2 Å². The Kier molecular flexibility index (Phi) is 4.39. The molecule has 1 amide bonds. The molecule has 1 aliphatic rings. The molecule has 5 rings (SSSR count). The van der Waals surface area contributed by atoms with Crippen LogP contribution in [0.2, 0.25) is 0 Å². The van der Waals surface area contributed by atoms with Crippen LogP contribution in [0.4, 0.5) is 5.82 Å². The first-order valence-electron chi connectivity index (χ1n) is 10.0. The highest BCUT2D eigenvalue weighted by atomic mass is 16.5. The predicted molar refractivity (Wildman–Crippen MR) is 115 cm³/mol. The molecule has 0 spiro atoms. The van der Waals surface area contributed by atoms with Crippen LogP contribution in [0, 0.1) is 13.8 Å². The molecule has 3 heterocycles. The maximum Gasteiger partial charge on any atom is 0.296 e. The number of nitrogens with zero attached hydrogens (tertiary/aromatic N) is 2. The van der Waals surface area contributed by atoms with Crippen molar-refractivity contribution in [1.82, 2.24) is 5.16 Å². The summed E-state index contributed by atoms with van der Waals surface area (Å²) in [6.07, 6.45) is 0. The number of aryl methyl sites for hydroxylation is 2. The molecule has 31 heavy (non-hydrogen) atoms. The molecule has 7 heteroatoms. The van der Waals surface area contributed by atoms with Gasteiger partial charge in [-0.05, 0) is 50.6 Å². The van der Waals surface area contributed by atoms with Gasteiger partial charge in [-0.3, -0.25) is 14.5 Å². The van der Waals surface area contributed by atoms with E-state index in [0.717, 1.165) is 11.1 Å². The number of carbonyl (C=O) groups is 1. The van der Waals surface area contributed by atoms with E-state index >= 15 is 0 Å². The second-order valence-corrected chi connectivity index (χ2v) is 7.55. The Hall–Kier alpha value is -3.87. The molecule has 0 unspecified atom stereocenters. The highest BCUT2D eigenvalue weighted by molar-refractivity contribution is 6.10. The van der Waals surface area contributed by atoms with Gasteiger partial charge in [-0.2, -0.15) is 0 Å². The van der Waals surface area contributed by atoms with Crippen LogP contribution in [0.15, 0.2) is 62.3 Å². The van der Waals surface area contributed by atoms with Gasteiger partial charge in [0.1, 0.15) is 17.1 Å². The first-order chi connectivity index (χ1) is 15.0. The molecular weight excluding hydrogens is 396 g/mol. The van der Waals surface area contributed by atoms with Gasteiger partial charge in [0, 0.05) is 6.07 Å². The van der Waals surface area contributed by atoms with Crippen molar-refractivity contribution in [3.63, 3.8) is 0 Å². The van der Waals surface area contributed by atoms with E-state index in [9.17, 15) is 9.59 Å². The van der Waals surface area contributed by atoms with Crippen molar-refractivity contribution in [2.75, 3.05) is 11.5 Å². The van der Waals surface area contributed by atoms with Crippen LogP contribution in [-0.2, 0) is 0 Å². The molecule has 156 valence electrons. The number of anilines is 1. The van der Waals surface area contributed by atoms with Crippen molar-refractivity contribution in [2.45, 2.75) is 26.8 Å². The molecule has 4 aromatic rings. The Morgan fingerprint density at radius 2 is 1.84 bits per heavy atom. The van der Waals surface area contributed by atoms with Crippen LogP contribution < -0.4 is 15.1 Å². The number of aromatic nitrogens is 1. The number of amides is 1. The van der Waals surface area contributed by atoms with Crippen molar-refractivity contribution in [1.29, 1.82) is 0 Å². The van der Waals surface area contributed by atoms with Gasteiger partial charge in [0.05, 0.1) is 23.6 Å². The van der Waals surface area contributed by atoms with Gasteiger partial charge in [-0.25, -0.2) is 0 Å². The summed E-state index contributed by atoms with van der Waals surface area (Å²) in [6.45, 7) is 6.11. The molecule has 7 nitrogen and oxygen atoms in total. The molecule has 0 radical (unpaired) electrons. The Morgan fingerprint density at radius 3 is 2.52 bits per heavy atom. The fraction of sp³-hybridized carbons (Fsp3) is 0.208. The standard InChI is InChI=1S/C24H20N2O5/c1-4-29-16-8-6-15(7-9-16)21-20-22(27)17-11-13(2)5-10-18(17)30-23(20)24(28)26(21)19-12-14(3)31-25-19/h5-12,21H,4H2,1-3H3/t21-/m0/s1. The summed E-state index contributed by atoms with van der Waals surface area (Å²) in [4.78, 5) is 28.4. The third-order valence-corrected chi connectivity index (χ3v) is 5.39. The van der Waals surface area contributed by atoms with E-state index in [0.29, 0.717) is 40.5 Å². The summed E-state index contributed by atoms with van der Waals surface area (Å²) < 4.78 is 16.7. The Balaban J connectivity index is 1.76. The van der Waals surface area contributed by atoms with Crippen LogP contribution in [0.1, 0.15) is 46.0 Å². The number of rotatable bonds is 4. The monoisotopic (exact) mass is 416 g/mol. The lowest BCUT2D eigenvalue weighted by atomic mass is 9.98. The van der Waals surface area contributed by atoms with Crippen LogP contribution >= 0.6 is 0 Å². The molecule has 1 atom stereocenters. The zero-order chi connectivity index (χ0) is 21.7. The quantitative estimate of drug-likeness (QED) is 0.485. The molecule has 0 aliphatic carbocycles. The van der Waals surface area contributed by atoms with Gasteiger partial charge in [-0.15, -0.1) is 0 Å². The van der Waals surface area contributed by atoms with Gasteiger partial charge in [0.25, 0.3) is 5.91 Å². The van der Waals surface area contributed by atoms with Crippen LogP contribution in [0.3, 0.4) is 0 Å². The van der Waals surface area contributed by atoms with E-state index in [2.05, 4.69) is 5.16 Å². The fourth-order valence-corrected chi connectivity index (χ4v) is 4.02. The third-order valence-electron chi connectivity index (χ3n) is 5.39. The van der Waals surface area contributed by atoms with Crippen LogP contribution in [0.25, 0.3) is 11.0 Å². The normalized spacial score (nSPS) is 15.5. The minimum Gasteiger partial charge on any atom is -0.494 e. The summed E-state index contributed by atoms with van der Waals surface area (Å²) in [7, 11) is 0. The number of benzene rings is 2. The smallest absolute Gasteiger partial charge is 0.296 e. The topological polar surface area (TPSA) is 85.8 Å². The van der Waals surface area contributed by atoms with Gasteiger partial charge in [0.15, 0.2) is 11.2 Å². The minimum atomic E-state index is -0.691. The van der Waals surface area contributed by atoms with E-state index in [1.807, 2.05) is 44.2 Å². The van der Waals surface area contributed by atoms with E-state index in [1.54, 1.807) is 25.1 Å². The molecule has 0 N–H and O–H groups in total. The number of hydrogen-bond donors (Lipinski definition) is 0. The number of hydrogen-bond acceptors (Lipinski definition) is 6. The first-order valence-corrected chi connectivity index (χ1v) is 10.0. The van der Waals surface area contributed by atoms with Crippen LogP contribution in [-0.4, -0.2) is 17.7 Å². The lowest BCUT2D eigenvalue weighted by molar-refractivity contribution is 0.0969. The molecule has 2 aromatic carbocycles. The van der Waals surface area contributed by atoms with Gasteiger partial charge in [-0.1, -0.05) is 28.9 Å². The third kappa shape index (κ3) is 3.01. The lowest BCUT2D eigenvalue weighted by Crippen LogP contribution is -2.29. The predicted octanol–water partition coefficient (Wildman–Crippen LogP) is 4.55. The number of ether oxygens (including phenoxy) is 1. The maximum atomic E-state index is 13.5. The molecule has 2 aromatic heterocycles. The average Bonchev–Trinajstić information content (AvgIpc) is 3.31. The largest absolute Gasteiger partial charge is 0.494 e. The zero-order valence-corrected chi connectivity index (χ0v) is 17.3. The second kappa shape index (κ2) is 7.12. The highest BCUT2D eigenvalue weighted by Gasteiger charge is 2.44. The second-order valence-electron chi connectivity index (χ2n) is 7.55. The van der Waals surface area contributed by atoms with Gasteiger partial charge in [0.2, 0.25) is 5.76 Å². The van der Waals surface area contributed by atoms with Crippen molar-refractivity contribution < 1.29 is 18.5 Å². The average molecular weight is 416 g/mol. The highest BCUT2D eigenvalue weighted by Crippen LogP contribution is 2.41. The maximum absolute atomic E-state index is 13.5. The number of carbonyl (C=O) groups excluding carboxylic acids is 1. The molecule has 0 fully saturated rings. The Bertz CT molecular complexity index is 1370. The molecule has 1 aliphatic heterocycles. The zero-order valence-electron chi connectivity index (χ0n) is 17.3. The first kappa shape index (κ1) is 19.1. The fourth-order valence-electron chi connectivity index (χ4n) is 4.02. The van der Waals surface area contributed by atoms with Crippen molar-refractivity contribution in [3.05, 3.63) is 87.0 Å². The molecular formula is C24H20N2O5. The van der Waals surface area contributed by atoms with E-state index < -0.39 is 11.9 Å². The summed E-state index contributed by atoms with van der Waals surface area (Å²) in [5, 5.41) is 4.47. The molecule has 0 saturated heterocycles. The Morgan fingerprint density at radius 1 is 1.06 bits per heavy atom. The summed E-state index contributed by atoms with van der Waals surface area (Å²) >= 11 is 0. The molecule has 0 saturated carbocycles. The van der Waals surface area contributed by atoms with Crippen molar-refractivity contribution >= 4 is 22.7 Å². The minimum absolute atomic E-state index is 0.0286. The van der Waals surface area contributed by atoms with Crippen molar-refractivity contribution in [2.24, 2.45) is 0 Å². The van der Waals surface area contributed by atoms with Crippen LogP contribution in [0.5, 0.6) is 5.75 Å². The van der Waals surface area contributed by atoms with Gasteiger partial charge < -0.3 is 13.7 Å². The van der Waals surface area contributed by atoms with Gasteiger partial charge >= 0.3 is 0 Å². The van der Waals surface area contributed by atoms with Crippen molar-refractivity contribution in [3.8, 4) is 5.75 Å². The summed E-state index contributed by atoms with van der Waals surface area (Å²) in [5.74, 6) is 1.19. The Labute approximate surface area is 177 Å². The lowest BCUT2D eigenvalue weighted by Gasteiger charge is -2.22. The number of fused-ring (bicyclic) bond motifs is 2. The summed E-state index contributed by atoms with van der Waals surface area (Å²) in [5.41, 5.74) is 2.13. The molecule has 0 bridgehead atoms. The van der Waals surface area contributed by atoms with E-state index in [1.165, 1.54) is 4.90 Å². The SMILES string of the molecule is CCOc1ccc([C@H]2c3c(oc4ccc(C)cc4c3=O)C(=O)N2c2cc(C)on2)cc1.